The first kappa shape index (κ1) is 21.6. The van der Waals surface area contributed by atoms with Crippen LogP contribution in [0.15, 0.2) is 24.3 Å². The maximum atomic E-state index is 12.8. The molecule has 2 aliphatic heterocycles. The summed E-state index contributed by atoms with van der Waals surface area (Å²) in [7, 11) is 1.53. The molecule has 2 saturated heterocycles. The standard InChI is InChI=1S/C22H32N2O5/c1-3-23(15-20-5-4-14-28-20)22(26)17-6-8-18(9-7-17)29-19-10-12-24(13-11-19)21(25)16-27-2/h6-9,19-20H,3-5,10-16H2,1-2H3/t20-/m1/s1. The van der Waals surface area contributed by atoms with Crippen molar-refractivity contribution in [3.8, 4) is 5.75 Å². The van der Waals surface area contributed by atoms with Crippen LogP contribution in [0.2, 0.25) is 0 Å². The van der Waals surface area contributed by atoms with E-state index < -0.39 is 0 Å². The minimum Gasteiger partial charge on any atom is -0.490 e. The Balaban J connectivity index is 1.49. The van der Waals surface area contributed by atoms with Crippen molar-refractivity contribution in [2.75, 3.05) is 46.5 Å². The average molecular weight is 405 g/mol. The number of likely N-dealkylation sites (N-methyl/N-ethyl adjacent to an activating group) is 1. The summed E-state index contributed by atoms with van der Waals surface area (Å²) in [5.74, 6) is 0.808. The van der Waals surface area contributed by atoms with Crippen LogP contribution in [-0.4, -0.2) is 80.3 Å². The lowest BCUT2D eigenvalue weighted by atomic mass is 10.1. The highest BCUT2D eigenvalue weighted by Gasteiger charge is 2.25. The second-order valence-corrected chi connectivity index (χ2v) is 7.63. The number of hydrogen-bond acceptors (Lipinski definition) is 5. The number of carbonyl (C=O) groups is 2. The Morgan fingerprint density at radius 2 is 1.90 bits per heavy atom. The summed E-state index contributed by atoms with van der Waals surface area (Å²) in [6.07, 6.45) is 3.91. The highest BCUT2D eigenvalue weighted by molar-refractivity contribution is 5.94. The molecule has 3 rings (SSSR count). The number of likely N-dealkylation sites (tertiary alicyclic amines) is 1. The maximum Gasteiger partial charge on any atom is 0.253 e. The van der Waals surface area contributed by atoms with E-state index >= 15 is 0 Å². The number of ether oxygens (including phenoxy) is 3. The summed E-state index contributed by atoms with van der Waals surface area (Å²) >= 11 is 0. The van der Waals surface area contributed by atoms with E-state index in [0.717, 1.165) is 38.0 Å². The van der Waals surface area contributed by atoms with Gasteiger partial charge in [-0.1, -0.05) is 0 Å². The molecule has 0 N–H and O–H groups in total. The molecule has 0 spiro atoms. The highest BCUT2D eigenvalue weighted by atomic mass is 16.5. The van der Waals surface area contributed by atoms with E-state index in [2.05, 4.69) is 0 Å². The Morgan fingerprint density at radius 3 is 2.48 bits per heavy atom. The molecule has 2 aliphatic rings. The minimum atomic E-state index is 0.0253. The van der Waals surface area contributed by atoms with Gasteiger partial charge in [-0.15, -0.1) is 0 Å². The van der Waals surface area contributed by atoms with Gasteiger partial charge in [0.2, 0.25) is 5.91 Å². The maximum absolute atomic E-state index is 12.8. The van der Waals surface area contributed by atoms with E-state index in [9.17, 15) is 9.59 Å². The van der Waals surface area contributed by atoms with Crippen LogP contribution in [0.1, 0.15) is 43.0 Å². The highest BCUT2D eigenvalue weighted by Crippen LogP contribution is 2.21. The Kier molecular flexibility index (Phi) is 7.89. The van der Waals surface area contributed by atoms with E-state index in [1.54, 1.807) is 0 Å². The molecule has 7 nitrogen and oxygen atoms in total. The Hall–Kier alpha value is -2.12. The van der Waals surface area contributed by atoms with Gasteiger partial charge >= 0.3 is 0 Å². The average Bonchev–Trinajstić information content (AvgIpc) is 3.26. The van der Waals surface area contributed by atoms with Gasteiger partial charge in [0.25, 0.3) is 5.91 Å². The topological polar surface area (TPSA) is 68.3 Å². The SMILES string of the molecule is CCN(C[C@H]1CCCO1)C(=O)c1ccc(OC2CCN(C(=O)COC)CC2)cc1. The van der Waals surface area contributed by atoms with Crippen molar-refractivity contribution in [3.05, 3.63) is 29.8 Å². The van der Waals surface area contributed by atoms with Crippen LogP contribution < -0.4 is 4.74 Å². The molecule has 0 unspecified atom stereocenters. The molecule has 0 saturated carbocycles. The van der Waals surface area contributed by atoms with Crippen molar-refractivity contribution >= 4 is 11.8 Å². The predicted molar refractivity (Wildman–Crippen MR) is 109 cm³/mol. The van der Waals surface area contributed by atoms with E-state index in [0.29, 0.717) is 31.7 Å². The van der Waals surface area contributed by atoms with Crippen molar-refractivity contribution in [2.24, 2.45) is 0 Å². The summed E-state index contributed by atoms with van der Waals surface area (Å²) in [6.45, 7) is 5.58. The van der Waals surface area contributed by atoms with Crippen LogP contribution >= 0.6 is 0 Å². The Morgan fingerprint density at radius 1 is 1.17 bits per heavy atom. The molecular formula is C22H32N2O5. The number of piperidine rings is 1. The van der Waals surface area contributed by atoms with Crippen molar-refractivity contribution in [1.82, 2.24) is 9.80 Å². The first-order valence-corrected chi connectivity index (χ1v) is 10.5. The van der Waals surface area contributed by atoms with E-state index in [-0.39, 0.29) is 30.6 Å². The van der Waals surface area contributed by atoms with E-state index in [1.807, 2.05) is 41.0 Å². The van der Waals surface area contributed by atoms with Gasteiger partial charge in [-0.25, -0.2) is 0 Å². The lowest BCUT2D eigenvalue weighted by Gasteiger charge is -2.32. The smallest absolute Gasteiger partial charge is 0.253 e. The van der Waals surface area contributed by atoms with E-state index in [1.165, 1.54) is 7.11 Å². The molecule has 2 amide bonds. The van der Waals surface area contributed by atoms with Gasteiger partial charge in [0.1, 0.15) is 18.5 Å². The third-order valence-electron chi connectivity index (χ3n) is 5.58. The molecule has 2 heterocycles. The fourth-order valence-corrected chi connectivity index (χ4v) is 3.88. The van der Waals surface area contributed by atoms with Crippen molar-refractivity contribution in [1.29, 1.82) is 0 Å². The lowest BCUT2D eigenvalue weighted by molar-refractivity contribution is -0.136. The van der Waals surface area contributed by atoms with Crippen molar-refractivity contribution in [2.45, 2.75) is 44.8 Å². The summed E-state index contributed by atoms with van der Waals surface area (Å²) in [5, 5.41) is 0. The van der Waals surface area contributed by atoms with Gasteiger partial charge in [-0.05, 0) is 44.0 Å². The van der Waals surface area contributed by atoms with Gasteiger partial charge < -0.3 is 24.0 Å². The summed E-state index contributed by atoms with van der Waals surface area (Å²) in [4.78, 5) is 28.3. The minimum absolute atomic E-state index is 0.0253. The monoisotopic (exact) mass is 404 g/mol. The molecule has 2 fully saturated rings. The van der Waals surface area contributed by atoms with Gasteiger partial charge in [-0.2, -0.15) is 0 Å². The zero-order valence-electron chi connectivity index (χ0n) is 17.5. The molecule has 160 valence electrons. The molecule has 29 heavy (non-hydrogen) atoms. The molecule has 0 radical (unpaired) electrons. The molecule has 1 aromatic carbocycles. The van der Waals surface area contributed by atoms with Crippen LogP contribution in [0.3, 0.4) is 0 Å². The molecule has 0 aliphatic carbocycles. The van der Waals surface area contributed by atoms with E-state index in [4.69, 9.17) is 14.2 Å². The molecule has 0 bridgehead atoms. The zero-order chi connectivity index (χ0) is 20.6. The van der Waals surface area contributed by atoms with Gasteiger partial charge in [0, 0.05) is 58.3 Å². The van der Waals surface area contributed by atoms with Crippen LogP contribution in [0.4, 0.5) is 0 Å². The Labute approximate surface area is 172 Å². The molecule has 1 aromatic rings. The van der Waals surface area contributed by atoms with Crippen LogP contribution in [0.5, 0.6) is 5.75 Å². The number of nitrogens with zero attached hydrogens (tertiary/aromatic N) is 2. The summed E-state index contributed by atoms with van der Waals surface area (Å²) in [6, 6.07) is 7.37. The second kappa shape index (κ2) is 10.6. The molecule has 7 heteroatoms. The molecule has 1 atom stereocenters. The number of rotatable bonds is 8. The number of benzene rings is 1. The fourth-order valence-electron chi connectivity index (χ4n) is 3.88. The predicted octanol–water partition coefficient (Wildman–Crippen LogP) is 2.34. The van der Waals surface area contributed by atoms with Gasteiger partial charge in [0.05, 0.1) is 6.10 Å². The van der Waals surface area contributed by atoms with Crippen LogP contribution in [0.25, 0.3) is 0 Å². The summed E-state index contributed by atoms with van der Waals surface area (Å²) < 4.78 is 16.6. The summed E-state index contributed by atoms with van der Waals surface area (Å²) in [5.41, 5.74) is 0.664. The largest absolute Gasteiger partial charge is 0.490 e. The third kappa shape index (κ3) is 5.93. The lowest BCUT2D eigenvalue weighted by Crippen LogP contribution is -2.43. The van der Waals surface area contributed by atoms with Crippen LogP contribution in [0, 0.1) is 0 Å². The van der Waals surface area contributed by atoms with Crippen molar-refractivity contribution < 1.29 is 23.8 Å². The first-order valence-electron chi connectivity index (χ1n) is 10.5. The number of methoxy groups -OCH3 is 1. The normalized spacial score (nSPS) is 19.9. The molecular weight excluding hydrogens is 372 g/mol. The first-order chi connectivity index (χ1) is 14.1. The van der Waals surface area contributed by atoms with Crippen molar-refractivity contribution in [3.63, 3.8) is 0 Å². The van der Waals surface area contributed by atoms with Gasteiger partial charge in [0.15, 0.2) is 0 Å². The van der Waals surface area contributed by atoms with Gasteiger partial charge in [-0.3, -0.25) is 9.59 Å². The number of hydrogen-bond donors (Lipinski definition) is 0. The number of carbonyl (C=O) groups excluding carboxylic acids is 2. The number of amides is 2. The fraction of sp³-hybridized carbons (Fsp3) is 0.636. The third-order valence-corrected chi connectivity index (χ3v) is 5.58. The zero-order valence-corrected chi connectivity index (χ0v) is 17.5. The van der Waals surface area contributed by atoms with Crippen LogP contribution in [-0.2, 0) is 14.3 Å². The second-order valence-electron chi connectivity index (χ2n) is 7.63. The molecule has 0 aromatic heterocycles. The Bertz CT molecular complexity index is 664. The quantitative estimate of drug-likeness (QED) is 0.665.